The molecule has 9 heteroatoms. The minimum absolute atomic E-state index is 0.102. The number of hydrogen-bond donors (Lipinski definition) is 4. The van der Waals surface area contributed by atoms with Gasteiger partial charge in [0.1, 0.15) is 0 Å². The molecule has 7 nitrogen and oxygen atoms in total. The first-order chi connectivity index (χ1) is 9.11. The minimum atomic E-state index is -0.832. The van der Waals surface area contributed by atoms with Gasteiger partial charge in [0, 0.05) is 17.3 Å². The average Bonchev–Trinajstić information content (AvgIpc) is 2.82. The highest BCUT2D eigenvalue weighted by Gasteiger charge is 2.15. The summed E-state index contributed by atoms with van der Waals surface area (Å²) >= 11 is 0.988. The van der Waals surface area contributed by atoms with E-state index in [0.717, 1.165) is 11.3 Å². The van der Waals surface area contributed by atoms with Crippen LogP contribution in [0.4, 0.5) is 10.2 Å². The number of rotatable bonds is 4. The molecule has 0 bridgehead atoms. The lowest BCUT2D eigenvalue weighted by Gasteiger charge is -2.07. The van der Waals surface area contributed by atoms with Gasteiger partial charge in [-0.1, -0.05) is 11.3 Å². The maximum atomic E-state index is 13.7. The van der Waals surface area contributed by atoms with Crippen LogP contribution in [0.3, 0.4) is 0 Å². The molecule has 0 saturated heterocycles. The number of nitrogen functional groups attached to an aromatic ring is 1. The number of hydrazine groups is 1. The van der Waals surface area contributed by atoms with E-state index >= 15 is 0 Å². The second kappa shape index (κ2) is 5.59. The van der Waals surface area contributed by atoms with E-state index in [-0.39, 0.29) is 22.8 Å². The highest BCUT2D eigenvalue weighted by Crippen LogP contribution is 2.13. The first-order valence-electron chi connectivity index (χ1n) is 5.18. The van der Waals surface area contributed by atoms with Gasteiger partial charge in [0.05, 0.1) is 12.1 Å². The molecule has 0 unspecified atom stereocenters. The number of pyridine rings is 1. The van der Waals surface area contributed by atoms with Crippen LogP contribution in [0.5, 0.6) is 0 Å². The summed E-state index contributed by atoms with van der Waals surface area (Å²) in [5.41, 5.74) is 2.43. The van der Waals surface area contributed by atoms with E-state index in [4.69, 9.17) is 5.84 Å². The van der Waals surface area contributed by atoms with Crippen molar-refractivity contribution < 1.29 is 9.18 Å². The van der Waals surface area contributed by atoms with E-state index in [9.17, 15) is 14.0 Å². The molecule has 0 fully saturated rings. The third-order valence-electron chi connectivity index (χ3n) is 2.28. The smallest absolute Gasteiger partial charge is 0.304 e. The first-order valence-corrected chi connectivity index (χ1v) is 6.05. The Kier molecular flexibility index (Phi) is 3.88. The molecule has 5 N–H and O–H groups in total. The molecule has 0 aliphatic rings. The summed E-state index contributed by atoms with van der Waals surface area (Å²) < 4.78 is 13.7. The van der Waals surface area contributed by atoms with Gasteiger partial charge < -0.3 is 15.7 Å². The summed E-state index contributed by atoms with van der Waals surface area (Å²) in [7, 11) is 0. The molecule has 0 aliphatic carbocycles. The number of halogens is 1. The largest absolute Gasteiger partial charge is 0.346 e. The molecule has 0 aliphatic heterocycles. The average molecular weight is 283 g/mol. The van der Waals surface area contributed by atoms with Crippen LogP contribution >= 0.6 is 11.3 Å². The maximum absolute atomic E-state index is 13.7. The molecule has 1 amide bonds. The van der Waals surface area contributed by atoms with Crippen LogP contribution in [0.15, 0.2) is 22.4 Å². The maximum Gasteiger partial charge on any atom is 0.304 e. The van der Waals surface area contributed by atoms with Crippen molar-refractivity contribution in [2.75, 3.05) is 5.43 Å². The number of nitrogens with two attached hydrogens (primary N) is 1. The van der Waals surface area contributed by atoms with Gasteiger partial charge in [0.15, 0.2) is 11.6 Å². The van der Waals surface area contributed by atoms with Crippen LogP contribution in [0, 0.1) is 5.82 Å². The van der Waals surface area contributed by atoms with Crippen molar-refractivity contribution >= 4 is 23.1 Å². The summed E-state index contributed by atoms with van der Waals surface area (Å²) in [4.78, 5) is 28.6. The van der Waals surface area contributed by atoms with Crippen molar-refractivity contribution in [2.45, 2.75) is 6.54 Å². The highest BCUT2D eigenvalue weighted by molar-refractivity contribution is 7.07. The van der Waals surface area contributed by atoms with Gasteiger partial charge in [-0.3, -0.25) is 9.59 Å². The number of carbonyl (C=O) groups excluding carboxylic acids is 1. The minimum Gasteiger partial charge on any atom is -0.346 e. The lowest BCUT2D eigenvalue weighted by molar-refractivity contribution is 0.0946. The van der Waals surface area contributed by atoms with Crippen molar-refractivity contribution in [3.05, 3.63) is 44.4 Å². The van der Waals surface area contributed by atoms with E-state index in [1.54, 1.807) is 5.38 Å². The van der Waals surface area contributed by atoms with Gasteiger partial charge in [0.25, 0.3) is 5.91 Å². The van der Waals surface area contributed by atoms with Crippen molar-refractivity contribution in [1.82, 2.24) is 15.3 Å². The Hall–Kier alpha value is -2.26. The van der Waals surface area contributed by atoms with Crippen LogP contribution < -0.4 is 21.5 Å². The van der Waals surface area contributed by atoms with Gasteiger partial charge in [-0.15, -0.1) is 0 Å². The fraction of sp³-hybridized carbons (Fsp3) is 0.100. The van der Waals surface area contributed by atoms with Crippen LogP contribution in [0.1, 0.15) is 16.1 Å². The molecule has 2 rings (SSSR count). The second-order valence-corrected chi connectivity index (χ2v) is 4.36. The first kappa shape index (κ1) is 13.2. The van der Waals surface area contributed by atoms with Crippen LogP contribution in [0.2, 0.25) is 0 Å². The Morgan fingerprint density at radius 2 is 2.37 bits per heavy atom. The molecule has 0 spiro atoms. The monoisotopic (exact) mass is 283 g/mol. The lowest BCUT2D eigenvalue weighted by atomic mass is 10.2. The number of anilines is 1. The molecular weight excluding hydrogens is 273 g/mol. The fourth-order valence-corrected chi connectivity index (χ4v) is 1.97. The zero-order chi connectivity index (χ0) is 13.8. The number of nitrogens with one attached hydrogen (secondary N) is 3. The number of amides is 1. The standard InChI is InChI=1S/C10H10FN5O2S/c11-7-6(1-2-13-8(7)16-12)9(17)14-3-5-4-19-10(18)15-5/h1-2,4H,3,12H2,(H,13,16)(H,14,17)(H,15,18). The predicted molar refractivity (Wildman–Crippen MR) is 68.1 cm³/mol. The van der Waals surface area contributed by atoms with Crippen LogP contribution in [0.25, 0.3) is 0 Å². The highest BCUT2D eigenvalue weighted by atomic mass is 32.1. The number of carbonyl (C=O) groups is 1. The summed E-state index contributed by atoms with van der Waals surface area (Å²) in [6, 6.07) is 1.24. The van der Waals surface area contributed by atoms with Crippen LogP contribution in [-0.4, -0.2) is 15.9 Å². The molecule has 2 heterocycles. The summed E-state index contributed by atoms with van der Waals surface area (Å²) in [5, 5.41) is 4.06. The third-order valence-corrected chi connectivity index (χ3v) is 3.00. The van der Waals surface area contributed by atoms with Gasteiger partial charge in [0.2, 0.25) is 0 Å². The third kappa shape index (κ3) is 2.95. The Morgan fingerprint density at radius 1 is 1.58 bits per heavy atom. The van der Waals surface area contributed by atoms with E-state index in [1.807, 2.05) is 0 Å². The predicted octanol–water partition coefficient (Wildman–Crippen LogP) is 0.186. The molecule has 0 radical (unpaired) electrons. The summed E-state index contributed by atoms with van der Waals surface area (Å²) in [6.07, 6.45) is 1.26. The Morgan fingerprint density at radius 3 is 3.00 bits per heavy atom. The van der Waals surface area contributed by atoms with Gasteiger partial charge in [-0.05, 0) is 6.07 Å². The topological polar surface area (TPSA) is 113 Å². The zero-order valence-corrected chi connectivity index (χ0v) is 10.4. The Balaban J connectivity index is 2.10. The number of H-pyrrole nitrogens is 1. The molecule has 0 aromatic carbocycles. The van der Waals surface area contributed by atoms with Gasteiger partial charge in [-0.2, -0.15) is 0 Å². The quantitative estimate of drug-likeness (QED) is 0.472. The molecule has 2 aromatic heterocycles. The number of aromatic amines is 1. The summed E-state index contributed by atoms with van der Waals surface area (Å²) in [5.74, 6) is 3.40. The lowest BCUT2D eigenvalue weighted by Crippen LogP contribution is -2.25. The Labute approximate surface area is 110 Å². The van der Waals surface area contributed by atoms with Gasteiger partial charge >= 0.3 is 4.87 Å². The molecule has 2 aromatic rings. The SMILES string of the molecule is NNc1nccc(C(=O)NCc2csc(=O)[nH]2)c1F. The van der Waals surface area contributed by atoms with E-state index in [2.05, 4.69) is 20.7 Å². The zero-order valence-electron chi connectivity index (χ0n) is 9.57. The molecule has 0 atom stereocenters. The number of thiazole rings is 1. The molecule has 0 saturated carbocycles. The molecule has 19 heavy (non-hydrogen) atoms. The molecular formula is C10H10FN5O2S. The van der Waals surface area contributed by atoms with Gasteiger partial charge in [-0.25, -0.2) is 15.2 Å². The number of nitrogens with zero attached hydrogens (tertiary/aromatic N) is 1. The van der Waals surface area contributed by atoms with Crippen molar-refractivity contribution in [3.8, 4) is 0 Å². The normalized spacial score (nSPS) is 10.2. The molecule has 100 valence electrons. The second-order valence-electron chi connectivity index (χ2n) is 3.52. The van der Waals surface area contributed by atoms with Crippen molar-refractivity contribution in [2.24, 2.45) is 5.84 Å². The number of hydrogen-bond acceptors (Lipinski definition) is 6. The fourth-order valence-electron chi connectivity index (χ4n) is 1.39. The van der Waals surface area contributed by atoms with Crippen molar-refractivity contribution in [3.63, 3.8) is 0 Å². The van der Waals surface area contributed by atoms with E-state index in [0.29, 0.717) is 5.69 Å². The Bertz CT molecular complexity index is 653. The number of aromatic nitrogens is 2. The van der Waals surface area contributed by atoms with E-state index < -0.39 is 11.7 Å². The summed E-state index contributed by atoms with van der Waals surface area (Å²) in [6.45, 7) is 0.102. The van der Waals surface area contributed by atoms with Crippen LogP contribution in [-0.2, 0) is 6.54 Å². The van der Waals surface area contributed by atoms with E-state index in [1.165, 1.54) is 12.3 Å². The van der Waals surface area contributed by atoms with Crippen molar-refractivity contribution in [1.29, 1.82) is 0 Å².